The van der Waals surface area contributed by atoms with Gasteiger partial charge in [0.2, 0.25) is 0 Å². The second-order valence-corrected chi connectivity index (χ2v) is 4.13. The van der Waals surface area contributed by atoms with Gasteiger partial charge in [-0.15, -0.1) is 0 Å². The van der Waals surface area contributed by atoms with E-state index in [2.05, 4.69) is 20.4 Å². The van der Waals surface area contributed by atoms with Crippen molar-refractivity contribution in [2.45, 2.75) is 13.0 Å². The number of anilines is 1. The van der Waals surface area contributed by atoms with Crippen LogP contribution in [-0.2, 0) is 24.8 Å². The van der Waals surface area contributed by atoms with Gasteiger partial charge in [0.05, 0.1) is 18.9 Å². The van der Waals surface area contributed by atoms with E-state index in [9.17, 15) is 0 Å². The molecular weight excluding hydrogens is 232 g/mol. The largest absolute Gasteiger partial charge is 0.376 e. The van der Waals surface area contributed by atoms with Crippen LogP contribution in [0.1, 0.15) is 11.3 Å². The van der Waals surface area contributed by atoms with E-state index >= 15 is 0 Å². The molecule has 0 unspecified atom stereocenters. The van der Waals surface area contributed by atoms with Gasteiger partial charge in [-0.2, -0.15) is 0 Å². The van der Waals surface area contributed by atoms with Gasteiger partial charge in [0, 0.05) is 31.4 Å². The van der Waals surface area contributed by atoms with Gasteiger partial charge in [-0.05, 0) is 0 Å². The Morgan fingerprint density at radius 2 is 2.33 bits per heavy atom. The first-order valence-electron chi connectivity index (χ1n) is 5.71. The van der Waals surface area contributed by atoms with Crippen molar-refractivity contribution < 1.29 is 4.74 Å². The van der Waals surface area contributed by atoms with E-state index in [1.165, 1.54) is 0 Å². The third-order valence-electron chi connectivity index (χ3n) is 2.98. The molecule has 7 heteroatoms. The highest BCUT2D eigenvalue weighted by molar-refractivity contribution is 5.54. The number of nitrogens with one attached hydrogen (secondary N) is 1. The molecule has 2 aromatic rings. The van der Waals surface area contributed by atoms with E-state index in [-0.39, 0.29) is 0 Å². The number of rotatable bonds is 2. The molecule has 0 aromatic carbocycles. The molecule has 18 heavy (non-hydrogen) atoms. The standard InChI is InChI=1S/C11H14N6O/c1-17-4-3-13-11(17)10-14-8-2-5-18-6-7(8)9(15-10)16-12/h3-4H,2,5-6,12H2,1H3,(H,14,15,16). The van der Waals surface area contributed by atoms with Crippen LogP contribution in [0.5, 0.6) is 0 Å². The summed E-state index contributed by atoms with van der Waals surface area (Å²) in [6.07, 6.45) is 4.34. The molecule has 0 atom stereocenters. The minimum absolute atomic E-state index is 0.496. The number of nitrogens with two attached hydrogens (primary N) is 1. The minimum Gasteiger partial charge on any atom is -0.376 e. The lowest BCUT2D eigenvalue weighted by Gasteiger charge is -2.18. The topological polar surface area (TPSA) is 90.9 Å². The molecule has 3 N–H and O–H groups in total. The summed E-state index contributed by atoms with van der Waals surface area (Å²) in [5, 5.41) is 0. The van der Waals surface area contributed by atoms with Crippen molar-refractivity contribution in [1.29, 1.82) is 0 Å². The molecule has 0 spiro atoms. The maximum Gasteiger partial charge on any atom is 0.198 e. The number of fused-ring (bicyclic) bond motifs is 1. The lowest BCUT2D eigenvalue weighted by molar-refractivity contribution is 0.109. The molecule has 0 saturated carbocycles. The monoisotopic (exact) mass is 246 g/mol. The zero-order valence-corrected chi connectivity index (χ0v) is 10.1. The van der Waals surface area contributed by atoms with Crippen molar-refractivity contribution in [3.63, 3.8) is 0 Å². The van der Waals surface area contributed by atoms with Crippen LogP contribution in [0.25, 0.3) is 11.6 Å². The Morgan fingerprint density at radius 3 is 3.06 bits per heavy atom. The average molecular weight is 246 g/mol. The van der Waals surface area contributed by atoms with Gasteiger partial charge < -0.3 is 14.7 Å². The quantitative estimate of drug-likeness (QED) is 0.582. The molecule has 0 aliphatic carbocycles. The predicted octanol–water partition coefficient (Wildman–Crippen LogP) is 0.235. The number of nitrogen functional groups attached to an aromatic ring is 1. The Kier molecular flexibility index (Phi) is 2.69. The fraction of sp³-hybridized carbons (Fsp3) is 0.364. The number of ether oxygens (including phenoxy) is 1. The minimum atomic E-state index is 0.496. The number of hydrogen-bond donors (Lipinski definition) is 2. The van der Waals surface area contributed by atoms with Crippen LogP contribution >= 0.6 is 0 Å². The molecule has 0 bridgehead atoms. The average Bonchev–Trinajstić information content (AvgIpc) is 2.83. The Hall–Kier alpha value is -1.99. The second kappa shape index (κ2) is 4.35. The molecule has 1 aliphatic rings. The molecule has 0 radical (unpaired) electrons. The fourth-order valence-electron chi connectivity index (χ4n) is 2.03. The van der Waals surface area contributed by atoms with Gasteiger partial charge in [-0.3, -0.25) is 0 Å². The Bertz CT molecular complexity index is 562. The number of aryl methyl sites for hydroxylation is 1. The second-order valence-electron chi connectivity index (χ2n) is 4.13. The Labute approximate surface area is 104 Å². The summed E-state index contributed by atoms with van der Waals surface area (Å²) in [4.78, 5) is 13.2. The van der Waals surface area contributed by atoms with Gasteiger partial charge in [0.25, 0.3) is 0 Å². The molecule has 3 rings (SSSR count). The molecule has 7 nitrogen and oxygen atoms in total. The number of imidazole rings is 1. The molecule has 0 amide bonds. The Morgan fingerprint density at radius 1 is 1.44 bits per heavy atom. The van der Waals surface area contributed by atoms with Crippen LogP contribution in [0.15, 0.2) is 12.4 Å². The molecule has 94 valence electrons. The number of aromatic nitrogens is 4. The van der Waals surface area contributed by atoms with E-state index in [0.717, 1.165) is 23.5 Å². The van der Waals surface area contributed by atoms with Crippen molar-refractivity contribution in [2.75, 3.05) is 12.0 Å². The highest BCUT2D eigenvalue weighted by Crippen LogP contribution is 2.24. The van der Waals surface area contributed by atoms with Gasteiger partial charge in [-0.25, -0.2) is 20.8 Å². The smallest absolute Gasteiger partial charge is 0.198 e. The maximum atomic E-state index is 5.51. The first kappa shape index (κ1) is 11.1. The van der Waals surface area contributed by atoms with Gasteiger partial charge in [-0.1, -0.05) is 0 Å². The lowest BCUT2D eigenvalue weighted by Crippen LogP contribution is -2.20. The van der Waals surface area contributed by atoms with E-state index in [1.807, 2.05) is 17.8 Å². The van der Waals surface area contributed by atoms with E-state index < -0.39 is 0 Å². The van der Waals surface area contributed by atoms with E-state index in [1.54, 1.807) is 6.20 Å². The summed E-state index contributed by atoms with van der Waals surface area (Å²) in [5.74, 6) is 7.42. The first-order valence-corrected chi connectivity index (χ1v) is 5.71. The first-order chi connectivity index (χ1) is 8.79. The number of hydrazine groups is 1. The number of nitrogens with zero attached hydrogens (tertiary/aromatic N) is 4. The summed E-state index contributed by atoms with van der Waals surface area (Å²) >= 11 is 0. The highest BCUT2D eigenvalue weighted by atomic mass is 16.5. The zero-order chi connectivity index (χ0) is 12.5. The highest BCUT2D eigenvalue weighted by Gasteiger charge is 2.19. The summed E-state index contributed by atoms with van der Waals surface area (Å²) < 4.78 is 7.27. The summed E-state index contributed by atoms with van der Waals surface area (Å²) in [7, 11) is 1.91. The van der Waals surface area contributed by atoms with Gasteiger partial charge in [0.1, 0.15) is 5.82 Å². The molecular formula is C11H14N6O. The van der Waals surface area contributed by atoms with Crippen LogP contribution in [0, 0.1) is 0 Å². The third kappa shape index (κ3) is 1.73. The van der Waals surface area contributed by atoms with Crippen LogP contribution in [0.3, 0.4) is 0 Å². The van der Waals surface area contributed by atoms with Crippen LogP contribution in [-0.4, -0.2) is 26.1 Å². The normalized spacial score (nSPS) is 14.3. The fourth-order valence-corrected chi connectivity index (χ4v) is 2.03. The zero-order valence-electron chi connectivity index (χ0n) is 10.1. The summed E-state index contributed by atoms with van der Waals surface area (Å²) in [6.45, 7) is 1.17. The van der Waals surface area contributed by atoms with Crippen molar-refractivity contribution in [1.82, 2.24) is 19.5 Å². The molecule has 0 fully saturated rings. The molecule has 0 saturated heterocycles. The maximum absolute atomic E-state index is 5.51. The van der Waals surface area contributed by atoms with Gasteiger partial charge in [0.15, 0.2) is 11.6 Å². The van der Waals surface area contributed by atoms with Crippen molar-refractivity contribution in [2.24, 2.45) is 12.9 Å². The van der Waals surface area contributed by atoms with E-state index in [0.29, 0.717) is 24.9 Å². The van der Waals surface area contributed by atoms with Crippen molar-refractivity contribution in [3.05, 3.63) is 23.7 Å². The van der Waals surface area contributed by atoms with Crippen LogP contribution in [0.4, 0.5) is 5.82 Å². The third-order valence-corrected chi connectivity index (χ3v) is 2.98. The molecule has 2 aromatic heterocycles. The van der Waals surface area contributed by atoms with Crippen LogP contribution in [0.2, 0.25) is 0 Å². The van der Waals surface area contributed by atoms with Crippen LogP contribution < -0.4 is 11.3 Å². The molecule has 3 heterocycles. The van der Waals surface area contributed by atoms with Crippen molar-refractivity contribution in [3.8, 4) is 11.6 Å². The Balaban J connectivity index is 2.14. The summed E-state index contributed by atoms with van der Waals surface area (Å²) in [6, 6.07) is 0. The van der Waals surface area contributed by atoms with Crippen molar-refractivity contribution >= 4 is 5.82 Å². The summed E-state index contributed by atoms with van der Waals surface area (Å²) in [5.41, 5.74) is 4.52. The number of hydrogen-bond acceptors (Lipinski definition) is 6. The van der Waals surface area contributed by atoms with Gasteiger partial charge >= 0.3 is 0 Å². The predicted molar refractivity (Wildman–Crippen MR) is 65.4 cm³/mol. The molecule has 1 aliphatic heterocycles. The SMILES string of the molecule is Cn1ccnc1-c1nc2c(c(NN)n1)COCC2. The lowest BCUT2D eigenvalue weighted by atomic mass is 10.1. The van der Waals surface area contributed by atoms with E-state index in [4.69, 9.17) is 10.6 Å².